The second-order valence-corrected chi connectivity index (χ2v) is 21.1. The molecule has 4 atom stereocenters. The first kappa shape index (κ1) is 64.1. The Hall–Kier alpha value is -1.88. The van der Waals surface area contributed by atoms with E-state index in [0.717, 1.165) is 0 Å². The molecule has 5 rings (SSSR count). The zero-order valence-corrected chi connectivity index (χ0v) is 47.4. The third kappa shape index (κ3) is 14.2. The molecule has 4 aromatic rings. The molecule has 12 N–H and O–H groups in total. The second kappa shape index (κ2) is 23.8. The van der Waals surface area contributed by atoms with E-state index in [1.54, 1.807) is 0 Å². The minimum Gasteiger partial charge on any atom is -0.870 e. The number of phenols is 8. The Balaban J connectivity index is 0.00000578. The van der Waals surface area contributed by atoms with Gasteiger partial charge in [-0.25, -0.2) is 0 Å². The molecule has 0 radical (unpaired) electrons. The van der Waals surface area contributed by atoms with E-state index in [4.69, 9.17) is 0 Å². The van der Waals surface area contributed by atoms with Crippen LogP contribution >= 0.6 is 0 Å². The smallest absolute Gasteiger partial charge is 0.870 e. The van der Waals surface area contributed by atoms with E-state index in [0.29, 0.717) is 24.3 Å². The van der Waals surface area contributed by atoms with Crippen molar-refractivity contribution in [3.63, 3.8) is 0 Å². The number of fused-ring (bicyclic) bond motifs is 8. The van der Waals surface area contributed by atoms with Gasteiger partial charge >= 0.3 is 118 Å². The van der Waals surface area contributed by atoms with Gasteiger partial charge in [0.1, 0.15) is 11.5 Å². The molecule has 0 aliphatic heterocycles. The van der Waals surface area contributed by atoms with Crippen LogP contribution in [0.3, 0.4) is 0 Å². The fourth-order valence-corrected chi connectivity index (χ4v) is 9.94. The van der Waals surface area contributed by atoms with Crippen LogP contribution in [0, 0.1) is 0 Å². The molecular formula is C36H36Na4O24S4. The van der Waals surface area contributed by atoms with Crippen molar-refractivity contribution < 1.29 is 231 Å². The molecule has 0 heterocycles. The predicted molar refractivity (Wildman–Crippen MR) is 208 cm³/mol. The van der Waals surface area contributed by atoms with E-state index in [1.807, 2.05) is 0 Å². The first-order valence-corrected chi connectivity index (χ1v) is 24.5. The Morgan fingerprint density at radius 1 is 0.309 bits per heavy atom. The molecule has 0 saturated carbocycles. The maximum atomic E-state index is 13.8. The minimum atomic E-state index is -5.10. The van der Waals surface area contributed by atoms with Gasteiger partial charge in [0.2, 0.25) is 11.5 Å². The van der Waals surface area contributed by atoms with Crippen LogP contribution in [0.5, 0.6) is 69.0 Å². The normalized spacial score (nSPS) is 17.1. The van der Waals surface area contributed by atoms with Crippen molar-refractivity contribution in [3.8, 4) is 69.0 Å². The average Bonchev–Trinajstić information content (AvgIpc) is 3.17. The zero-order valence-electron chi connectivity index (χ0n) is 36.2. The van der Waals surface area contributed by atoms with E-state index < -0.39 is 226 Å². The molecular weight excluding hydrogens is 1040 g/mol. The van der Waals surface area contributed by atoms with Crippen LogP contribution in [-0.4, -0.2) is 116 Å². The van der Waals surface area contributed by atoms with Gasteiger partial charge in [0, 0.05) is 45.9 Å². The summed E-state index contributed by atoms with van der Waals surface area (Å²) in [5.41, 5.74) is -7.28. The van der Waals surface area contributed by atoms with Gasteiger partial charge in [0.25, 0.3) is 40.5 Å². The Morgan fingerprint density at radius 3 is 0.662 bits per heavy atom. The van der Waals surface area contributed by atoms with E-state index in [2.05, 4.69) is 0 Å². The van der Waals surface area contributed by atoms with Crippen LogP contribution in [-0.2, 0) is 40.5 Å². The summed E-state index contributed by atoms with van der Waals surface area (Å²) in [6, 6.07) is 2.35. The Morgan fingerprint density at radius 2 is 0.471 bits per heavy atom. The number of rotatable bonds is 12. The summed E-state index contributed by atoms with van der Waals surface area (Å²) in [6.45, 7) is 0. The standard InChI is InChI=1S/C36H40O24S4.4Na/c37-25-17-9-19(27(39)33(25)45)14(2-6-62(52,53)54)21-11-23(31(43)35(47)29(21)41)16(4-8-64(58,59)60)24-12-22(30(42)36(48)32(24)44)15(3-7-63(55,56)57)20-10-18(26(38)34(46)28(20)40)13(17)1-5-61(49,50)51;;;;/h9-16,37-48H,1-8H2,(H,49,50,51)(H,52,53,54)(H,55,56,57)(H,58,59,60);;;;/q;4*+1/p-4/t13-,14?,15?,16+;;;;. The van der Waals surface area contributed by atoms with Crippen molar-refractivity contribution in [2.45, 2.75) is 49.4 Å². The minimum absolute atomic E-state index is 0. The Bertz CT molecular complexity index is 2510. The molecule has 0 spiro atoms. The summed E-state index contributed by atoms with van der Waals surface area (Å²) in [5, 5.41) is 145. The summed E-state index contributed by atoms with van der Waals surface area (Å²) in [7, 11) is -20.3. The molecule has 2 unspecified atom stereocenters. The van der Waals surface area contributed by atoms with Gasteiger partial charge in [-0.1, -0.05) is 35.1 Å². The van der Waals surface area contributed by atoms with Crippen LogP contribution < -0.4 is 139 Å². The monoisotopic (exact) mass is 1070 g/mol. The molecule has 0 saturated heterocycles. The van der Waals surface area contributed by atoms with Gasteiger partial charge in [-0.3, -0.25) is 18.2 Å². The van der Waals surface area contributed by atoms with Gasteiger partial charge in [-0.05, 0) is 60.1 Å². The fraction of sp³-hybridized carbons (Fsp3) is 0.333. The maximum absolute atomic E-state index is 13.8. The van der Waals surface area contributed by atoms with Gasteiger partial charge < -0.3 is 61.3 Å². The number of hydrogen-bond donors (Lipinski definition) is 12. The van der Waals surface area contributed by atoms with Crippen molar-refractivity contribution in [3.05, 3.63) is 68.8 Å². The van der Waals surface area contributed by atoms with Crippen molar-refractivity contribution in [2.75, 3.05) is 23.0 Å². The average molecular weight is 1070 g/mol. The maximum Gasteiger partial charge on any atom is 1.00 e. The SMILES string of the molecule is O=S(=O)(O)CCC1c2cc(c([O-])c(O)c2[O-])[C@@H](CCS(=O)(=O)O)c2cc(c(O)c(O)c2O)C(CCS(=O)(=O)O)c2cc(c(O)c(O)c2O)[C@@H](CCS(=O)(=O)O)c2cc1c([O-])c(O)c2[O-].[Na+].[Na+].[Na+].[Na+]. The largest absolute Gasteiger partial charge is 1.00 e. The molecule has 0 fully saturated rings. The molecule has 4 aromatic carbocycles. The van der Waals surface area contributed by atoms with Crippen molar-refractivity contribution in [2.24, 2.45) is 0 Å². The number of hydrogen-bond acceptors (Lipinski definition) is 20. The Labute approximate surface area is 476 Å². The molecule has 352 valence electrons. The van der Waals surface area contributed by atoms with Crippen LogP contribution in [0.15, 0.2) is 24.3 Å². The number of benzene rings is 4. The molecule has 1 aliphatic carbocycles. The molecule has 32 heteroatoms. The van der Waals surface area contributed by atoms with Crippen molar-refractivity contribution in [1.29, 1.82) is 0 Å². The quantitative estimate of drug-likeness (QED) is 0.0356. The molecule has 24 nitrogen and oxygen atoms in total. The van der Waals surface area contributed by atoms with Gasteiger partial charge in [-0.2, -0.15) is 33.7 Å². The van der Waals surface area contributed by atoms with Crippen LogP contribution in [0.2, 0.25) is 0 Å². The van der Waals surface area contributed by atoms with Crippen LogP contribution in [0.1, 0.15) is 93.9 Å². The van der Waals surface area contributed by atoms with E-state index in [-0.39, 0.29) is 118 Å². The van der Waals surface area contributed by atoms with Gasteiger partial charge in [0.05, 0.1) is 23.0 Å². The Kier molecular flexibility index (Phi) is 22.4. The first-order valence-electron chi connectivity index (χ1n) is 18.1. The predicted octanol–water partition coefficient (Wildman–Crippen LogP) is -12.4. The molecule has 68 heavy (non-hydrogen) atoms. The van der Waals surface area contributed by atoms with Crippen molar-refractivity contribution >= 4 is 40.5 Å². The third-order valence-electron chi connectivity index (χ3n) is 10.8. The molecule has 1 aliphatic rings. The number of phenolic OH excluding ortho intramolecular Hbond substituents is 8. The molecule has 0 aromatic heterocycles. The molecule has 8 bridgehead atoms. The molecule has 0 amide bonds. The van der Waals surface area contributed by atoms with Crippen LogP contribution in [0.25, 0.3) is 0 Å². The van der Waals surface area contributed by atoms with Crippen molar-refractivity contribution in [1.82, 2.24) is 0 Å². The fourth-order valence-electron chi connectivity index (χ4n) is 7.81. The number of aromatic hydroxyl groups is 8. The summed E-state index contributed by atoms with van der Waals surface area (Å²) >= 11 is 0. The summed E-state index contributed by atoms with van der Waals surface area (Å²) < 4.78 is 136. The van der Waals surface area contributed by atoms with E-state index >= 15 is 0 Å². The van der Waals surface area contributed by atoms with Gasteiger partial charge in [0.15, 0.2) is 23.0 Å². The topological polar surface area (TPSA) is 472 Å². The van der Waals surface area contributed by atoms with Gasteiger partial charge in [-0.15, -0.1) is 0 Å². The summed E-state index contributed by atoms with van der Waals surface area (Å²) in [5.74, 6) is -32.8. The first-order chi connectivity index (χ1) is 29.2. The van der Waals surface area contributed by atoms with Crippen LogP contribution in [0.4, 0.5) is 0 Å². The summed E-state index contributed by atoms with van der Waals surface area (Å²) in [6.07, 6.45) is -4.27. The third-order valence-corrected chi connectivity index (χ3v) is 13.8. The zero-order chi connectivity index (χ0) is 48.3. The summed E-state index contributed by atoms with van der Waals surface area (Å²) in [4.78, 5) is 0. The second-order valence-electron chi connectivity index (χ2n) is 14.8. The van der Waals surface area contributed by atoms with E-state index in [9.17, 15) is 113 Å². The van der Waals surface area contributed by atoms with E-state index in [1.165, 1.54) is 0 Å².